The van der Waals surface area contributed by atoms with Crippen LogP contribution in [0.5, 0.6) is 0 Å². The molecule has 0 spiro atoms. The van der Waals surface area contributed by atoms with Gasteiger partial charge in [0, 0.05) is 50.9 Å². The molecule has 4 heterocycles. The van der Waals surface area contributed by atoms with Crippen LogP contribution in [0.1, 0.15) is 49.6 Å². The van der Waals surface area contributed by atoms with Gasteiger partial charge in [0.1, 0.15) is 5.69 Å². The maximum Gasteiger partial charge on any atom is 0.219 e. The average molecular weight is 408 g/mol. The van der Waals surface area contributed by atoms with E-state index in [1.54, 1.807) is 6.92 Å². The average Bonchev–Trinajstić information content (AvgIpc) is 3.12. The number of nitrogens with zero attached hydrogens (tertiary/aromatic N) is 2. The van der Waals surface area contributed by atoms with Gasteiger partial charge < -0.3 is 19.7 Å². The number of pyridine rings is 1. The van der Waals surface area contributed by atoms with Crippen molar-refractivity contribution in [3.63, 3.8) is 0 Å². The summed E-state index contributed by atoms with van der Waals surface area (Å²) < 4.78 is 5.55. The van der Waals surface area contributed by atoms with E-state index >= 15 is 0 Å². The van der Waals surface area contributed by atoms with Gasteiger partial charge in [-0.05, 0) is 55.2 Å². The molecule has 1 amide bonds. The van der Waals surface area contributed by atoms with Gasteiger partial charge in [-0.3, -0.25) is 4.79 Å². The fourth-order valence-corrected chi connectivity index (χ4v) is 4.29. The molecule has 2 aliphatic rings. The summed E-state index contributed by atoms with van der Waals surface area (Å²) in [4.78, 5) is 22.0. The molecule has 2 aliphatic heterocycles. The molecule has 0 aromatic carbocycles. The summed E-state index contributed by atoms with van der Waals surface area (Å²) in [5.74, 6) is 6.73. The van der Waals surface area contributed by atoms with Crippen LogP contribution in [0.25, 0.3) is 16.6 Å². The van der Waals surface area contributed by atoms with Gasteiger partial charge in [-0.2, -0.15) is 0 Å². The Labute approximate surface area is 177 Å². The quantitative estimate of drug-likeness (QED) is 0.764. The molecule has 2 aromatic rings. The minimum atomic E-state index is 0.0595. The second-order valence-corrected chi connectivity index (χ2v) is 8.05. The number of fused-ring (bicyclic) bond motifs is 1. The normalized spacial score (nSPS) is 17.5. The van der Waals surface area contributed by atoms with Crippen molar-refractivity contribution in [3.8, 4) is 11.8 Å². The zero-order chi connectivity index (χ0) is 20.9. The number of aliphatic hydroxyl groups is 1. The molecule has 0 aliphatic carbocycles. The van der Waals surface area contributed by atoms with Crippen molar-refractivity contribution in [2.75, 3.05) is 32.9 Å². The number of H-pyrrole nitrogens is 1. The number of carbonyl (C=O) groups is 1. The van der Waals surface area contributed by atoms with Crippen molar-refractivity contribution in [1.29, 1.82) is 0 Å². The molecular weight excluding hydrogens is 378 g/mol. The highest BCUT2D eigenvalue weighted by atomic mass is 16.5. The lowest BCUT2D eigenvalue weighted by atomic mass is 9.90. The third kappa shape index (κ3) is 4.58. The van der Waals surface area contributed by atoms with E-state index < -0.39 is 0 Å². The molecule has 2 N–H and O–H groups in total. The Balaban J connectivity index is 1.71. The summed E-state index contributed by atoms with van der Waals surface area (Å²) in [6.45, 7) is 4.74. The van der Waals surface area contributed by atoms with Gasteiger partial charge in [0.25, 0.3) is 0 Å². The highest BCUT2D eigenvalue weighted by Crippen LogP contribution is 2.33. The molecule has 4 rings (SSSR count). The van der Waals surface area contributed by atoms with Crippen molar-refractivity contribution in [1.82, 2.24) is 14.9 Å². The predicted octanol–water partition coefficient (Wildman–Crippen LogP) is 2.90. The van der Waals surface area contributed by atoms with Gasteiger partial charge >= 0.3 is 0 Å². The molecule has 1 fully saturated rings. The third-order valence-corrected chi connectivity index (χ3v) is 6.01. The van der Waals surface area contributed by atoms with E-state index in [0.29, 0.717) is 18.9 Å². The Morgan fingerprint density at radius 1 is 1.37 bits per heavy atom. The fraction of sp³-hybridized carbons (Fsp3) is 0.500. The monoisotopic (exact) mass is 407 g/mol. The van der Waals surface area contributed by atoms with Crippen molar-refractivity contribution < 1.29 is 14.6 Å². The number of amides is 1. The summed E-state index contributed by atoms with van der Waals surface area (Å²) >= 11 is 0. The lowest BCUT2D eigenvalue weighted by Gasteiger charge is -2.26. The van der Waals surface area contributed by atoms with E-state index in [-0.39, 0.29) is 12.5 Å². The van der Waals surface area contributed by atoms with Crippen molar-refractivity contribution >= 4 is 22.5 Å². The molecule has 6 heteroatoms. The van der Waals surface area contributed by atoms with E-state index in [2.05, 4.69) is 22.9 Å². The Morgan fingerprint density at radius 2 is 2.20 bits per heavy atom. The molecule has 30 heavy (non-hydrogen) atoms. The molecule has 6 nitrogen and oxygen atoms in total. The van der Waals surface area contributed by atoms with Gasteiger partial charge in [-0.1, -0.05) is 12.0 Å². The van der Waals surface area contributed by atoms with E-state index in [1.165, 1.54) is 11.1 Å². The largest absolute Gasteiger partial charge is 0.395 e. The maximum absolute atomic E-state index is 11.7. The molecule has 0 radical (unpaired) electrons. The number of hydrogen-bond donors (Lipinski definition) is 2. The SMILES string of the molecule is CC(=O)N1CC=C(c2[nH]c3ccc(C#CCCO)nc3c2CC2CCOCC2)CC1. The number of aromatic nitrogens is 2. The molecule has 2 aromatic heterocycles. The first kappa shape index (κ1) is 20.6. The van der Waals surface area contributed by atoms with Gasteiger partial charge in [-0.25, -0.2) is 4.98 Å². The van der Waals surface area contributed by atoms with Gasteiger partial charge in [0.2, 0.25) is 5.91 Å². The smallest absolute Gasteiger partial charge is 0.219 e. The number of aliphatic hydroxyl groups excluding tert-OH is 1. The van der Waals surface area contributed by atoms with Crippen molar-refractivity contribution in [2.45, 2.75) is 39.0 Å². The Bertz CT molecular complexity index is 1010. The number of aromatic amines is 1. The first-order chi connectivity index (χ1) is 14.7. The van der Waals surface area contributed by atoms with E-state index in [0.717, 1.165) is 67.9 Å². The topological polar surface area (TPSA) is 78.5 Å². The highest BCUT2D eigenvalue weighted by Gasteiger charge is 2.24. The van der Waals surface area contributed by atoms with Crippen molar-refractivity contribution in [2.24, 2.45) is 5.92 Å². The van der Waals surface area contributed by atoms with Crippen LogP contribution in [0.3, 0.4) is 0 Å². The zero-order valence-electron chi connectivity index (χ0n) is 17.5. The van der Waals surface area contributed by atoms with Crippen LogP contribution in [-0.4, -0.2) is 58.8 Å². The van der Waals surface area contributed by atoms with E-state index in [1.807, 2.05) is 17.0 Å². The summed E-state index contributed by atoms with van der Waals surface area (Å²) in [5.41, 5.74) is 6.42. The first-order valence-electron chi connectivity index (χ1n) is 10.8. The Morgan fingerprint density at radius 3 is 2.90 bits per heavy atom. The van der Waals surface area contributed by atoms with Gasteiger partial charge in [0.15, 0.2) is 0 Å². The maximum atomic E-state index is 11.7. The van der Waals surface area contributed by atoms with Crippen LogP contribution in [0, 0.1) is 17.8 Å². The minimum absolute atomic E-state index is 0.0595. The fourth-order valence-electron chi connectivity index (χ4n) is 4.29. The lowest BCUT2D eigenvalue weighted by Crippen LogP contribution is -2.32. The summed E-state index contributed by atoms with van der Waals surface area (Å²) in [6, 6.07) is 3.98. The lowest BCUT2D eigenvalue weighted by molar-refractivity contribution is -0.128. The van der Waals surface area contributed by atoms with E-state index in [4.69, 9.17) is 14.8 Å². The molecule has 0 bridgehead atoms. The van der Waals surface area contributed by atoms with Crippen LogP contribution in [-0.2, 0) is 16.0 Å². The standard InChI is InChI=1S/C24H29N3O3/c1-17(29)27-11-7-19(8-12-27)23-21(16-18-9-14-30-15-10-18)24-22(26-23)6-5-20(25-24)4-2-3-13-28/h5-7,18,26,28H,3,8-16H2,1H3. The molecule has 158 valence electrons. The Hall–Kier alpha value is -2.62. The van der Waals surface area contributed by atoms with Crippen LogP contribution in [0.4, 0.5) is 0 Å². The second kappa shape index (κ2) is 9.46. The molecule has 0 unspecified atom stereocenters. The zero-order valence-corrected chi connectivity index (χ0v) is 17.5. The summed E-state index contributed by atoms with van der Waals surface area (Å²) in [7, 11) is 0. The van der Waals surface area contributed by atoms with Crippen LogP contribution in [0.15, 0.2) is 18.2 Å². The molecule has 0 saturated carbocycles. The minimum Gasteiger partial charge on any atom is -0.395 e. The van der Waals surface area contributed by atoms with E-state index in [9.17, 15) is 4.79 Å². The summed E-state index contributed by atoms with van der Waals surface area (Å²) in [5, 5.41) is 8.97. The predicted molar refractivity (Wildman–Crippen MR) is 117 cm³/mol. The second-order valence-electron chi connectivity index (χ2n) is 8.05. The van der Waals surface area contributed by atoms with Crippen LogP contribution >= 0.6 is 0 Å². The number of carbonyl (C=O) groups excluding carboxylic acids is 1. The van der Waals surface area contributed by atoms with Crippen molar-refractivity contribution in [3.05, 3.63) is 35.2 Å². The first-order valence-corrected chi connectivity index (χ1v) is 10.8. The third-order valence-electron chi connectivity index (χ3n) is 6.01. The summed E-state index contributed by atoms with van der Waals surface area (Å²) in [6.07, 6.45) is 6.57. The highest BCUT2D eigenvalue weighted by molar-refractivity contribution is 5.87. The molecular formula is C24H29N3O3. The van der Waals surface area contributed by atoms with Crippen LogP contribution in [0.2, 0.25) is 0 Å². The number of rotatable bonds is 4. The van der Waals surface area contributed by atoms with Gasteiger partial charge in [0.05, 0.1) is 17.6 Å². The Kier molecular flexibility index (Phi) is 6.51. The van der Waals surface area contributed by atoms with Crippen LogP contribution < -0.4 is 0 Å². The van der Waals surface area contributed by atoms with Gasteiger partial charge in [-0.15, -0.1) is 0 Å². The number of ether oxygens (including phenoxy) is 1. The number of nitrogens with one attached hydrogen (secondary N) is 1. The molecule has 1 saturated heterocycles. The number of hydrogen-bond acceptors (Lipinski definition) is 4. The molecule has 0 atom stereocenters.